The van der Waals surface area contributed by atoms with Gasteiger partial charge in [0.1, 0.15) is 0 Å². The molecule has 3 amide bonds. The third kappa shape index (κ3) is 4.71. The largest absolute Gasteiger partial charge is 0.378 e. The lowest BCUT2D eigenvalue weighted by molar-refractivity contribution is -0.136. The number of hydrogen-bond acceptors (Lipinski definition) is 3. The first kappa shape index (κ1) is 18.3. The fraction of sp³-hybridized carbons (Fsp3) is 0.556. The van der Waals surface area contributed by atoms with Crippen LogP contribution in [-0.4, -0.2) is 67.7 Å². The molecule has 6 nitrogen and oxygen atoms in total. The van der Waals surface area contributed by atoms with Crippen LogP contribution in [0.3, 0.4) is 0 Å². The molecule has 2 rings (SSSR count). The number of hydrogen-bond donors (Lipinski definition) is 1. The van der Waals surface area contributed by atoms with E-state index in [4.69, 9.17) is 4.74 Å². The molecule has 1 saturated heterocycles. The van der Waals surface area contributed by atoms with Crippen molar-refractivity contribution in [2.75, 3.05) is 45.9 Å². The number of urea groups is 1. The molecule has 0 saturated carbocycles. The fourth-order valence-corrected chi connectivity index (χ4v) is 2.85. The highest BCUT2D eigenvalue weighted by Gasteiger charge is 2.27. The van der Waals surface area contributed by atoms with Crippen molar-refractivity contribution in [2.24, 2.45) is 0 Å². The molecule has 1 atom stereocenters. The molecular formula is C18H27N3O3. The molecule has 0 spiro atoms. The van der Waals surface area contributed by atoms with E-state index in [1.807, 2.05) is 49.1 Å². The monoisotopic (exact) mass is 333 g/mol. The maximum Gasteiger partial charge on any atom is 0.317 e. The van der Waals surface area contributed by atoms with Gasteiger partial charge in [-0.2, -0.15) is 0 Å². The Morgan fingerprint density at radius 3 is 2.38 bits per heavy atom. The van der Waals surface area contributed by atoms with Gasteiger partial charge in [-0.15, -0.1) is 0 Å². The van der Waals surface area contributed by atoms with Gasteiger partial charge in [-0.1, -0.05) is 30.3 Å². The van der Waals surface area contributed by atoms with Gasteiger partial charge in [0.25, 0.3) is 0 Å². The maximum atomic E-state index is 12.9. The topological polar surface area (TPSA) is 61.9 Å². The summed E-state index contributed by atoms with van der Waals surface area (Å²) in [6, 6.07) is 9.51. The van der Waals surface area contributed by atoms with Crippen molar-refractivity contribution >= 4 is 11.9 Å². The molecule has 1 aromatic rings. The van der Waals surface area contributed by atoms with Gasteiger partial charge in [0.2, 0.25) is 5.91 Å². The lowest BCUT2D eigenvalue weighted by Gasteiger charge is -2.31. The molecular weight excluding hydrogens is 306 g/mol. The van der Waals surface area contributed by atoms with E-state index in [0.717, 1.165) is 5.56 Å². The van der Waals surface area contributed by atoms with Crippen LogP contribution in [0, 0.1) is 0 Å². The smallest absolute Gasteiger partial charge is 0.317 e. The summed E-state index contributed by atoms with van der Waals surface area (Å²) in [4.78, 5) is 28.7. The second-order valence-electron chi connectivity index (χ2n) is 5.76. The van der Waals surface area contributed by atoms with Crippen molar-refractivity contribution in [3.63, 3.8) is 0 Å². The minimum atomic E-state index is -0.371. The van der Waals surface area contributed by atoms with Crippen molar-refractivity contribution in [3.8, 4) is 0 Å². The lowest BCUT2D eigenvalue weighted by atomic mass is 9.97. The Morgan fingerprint density at radius 2 is 1.79 bits per heavy atom. The summed E-state index contributed by atoms with van der Waals surface area (Å²) in [6.45, 7) is 7.82. The predicted molar refractivity (Wildman–Crippen MR) is 92.9 cm³/mol. The van der Waals surface area contributed by atoms with Crippen molar-refractivity contribution in [2.45, 2.75) is 19.8 Å². The number of carbonyl (C=O) groups is 2. The van der Waals surface area contributed by atoms with Crippen LogP contribution in [-0.2, 0) is 9.53 Å². The standard InChI is InChI=1S/C18H27N3O3/c1-3-20(4-2)18(23)19-14-16(15-8-6-5-7-9-15)17(22)21-10-12-24-13-11-21/h5-9,16H,3-4,10-14H2,1-2H3,(H,19,23)/t16-/m0/s1. The van der Waals surface area contributed by atoms with E-state index in [0.29, 0.717) is 45.9 Å². The highest BCUT2D eigenvalue weighted by atomic mass is 16.5. The summed E-state index contributed by atoms with van der Waals surface area (Å²) in [5.74, 6) is -0.326. The van der Waals surface area contributed by atoms with E-state index < -0.39 is 0 Å². The van der Waals surface area contributed by atoms with E-state index in [-0.39, 0.29) is 17.9 Å². The van der Waals surface area contributed by atoms with Crippen LogP contribution in [0.15, 0.2) is 30.3 Å². The second kappa shape index (κ2) is 9.27. The molecule has 0 aliphatic carbocycles. The van der Waals surface area contributed by atoms with Crippen molar-refractivity contribution in [1.29, 1.82) is 0 Å². The number of ether oxygens (including phenoxy) is 1. The van der Waals surface area contributed by atoms with Gasteiger partial charge in [0.15, 0.2) is 0 Å². The summed E-state index contributed by atoms with van der Waals surface area (Å²) < 4.78 is 5.32. The van der Waals surface area contributed by atoms with Gasteiger partial charge in [0.05, 0.1) is 19.1 Å². The normalized spacial score (nSPS) is 15.7. The zero-order valence-corrected chi connectivity index (χ0v) is 14.5. The Hall–Kier alpha value is -2.08. The van der Waals surface area contributed by atoms with Gasteiger partial charge in [-0.25, -0.2) is 4.79 Å². The molecule has 1 aliphatic heterocycles. The molecule has 0 unspecified atom stereocenters. The van der Waals surface area contributed by atoms with Crippen LogP contribution in [0.4, 0.5) is 4.79 Å². The highest BCUT2D eigenvalue weighted by molar-refractivity contribution is 5.85. The SMILES string of the molecule is CCN(CC)C(=O)NC[C@H](C(=O)N1CCOCC1)c1ccccc1. The number of nitrogens with zero attached hydrogens (tertiary/aromatic N) is 2. The van der Waals surface area contributed by atoms with Crippen LogP contribution in [0.1, 0.15) is 25.3 Å². The lowest BCUT2D eigenvalue weighted by Crippen LogP contribution is -2.47. The molecule has 24 heavy (non-hydrogen) atoms. The van der Waals surface area contributed by atoms with E-state index in [9.17, 15) is 9.59 Å². The zero-order chi connectivity index (χ0) is 17.4. The number of morpholine rings is 1. The third-order valence-electron chi connectivity index (χ3n) is 4.33. The molecule has 1 heterocycles. The number of amides is 3. The minimum Gasteiger partial charge on any atom is -0.378 e. The highest BCUT2D eigenvalue weighted by Crippen LogP contribution is 2.19. The van der Waals surface area contributed by atoms with E-state index in [1.54, 1.807) is 4.90 Å². The minimum absolute atomic E-state index is 0.0457. The maximum absolute atomic E-state index is 12.9. The predicted octanol–water partition coefficient (Wildman–Crippen LogP) is 1.68. The summed E-state index contributed by atoms with van der Waals surface area (Å²) in [5.41, 5.74) is 0.925. The Kier molecular flexibility index (Phi) is 7.06. The summed E-state index contributed by atoms with van der Waals surface area (Å²) in [5, 5.41) is 2.91. The van der Waals surface area contributed by atoms with E-state index in [2.05, 4.69) is 5.32 Å². The van der Waals surface area contributed by atoms with Gasteiger partial charge in [-0.05, 0) is 19.4 Å². The Morgan fingerprint density at radius 1 is 1.17 bits per heavy atom. The van der Waals surface area contributed by atoms with Crippen molar-refractivity contribution < 1.29 is 14.3 Å². The molecule has 6 heteroatoms. The second-order valence-corrected chi connectivity index (χ2v) is 5.76. The molecule has 0 aromatic heterocycles. The number of benzene rings is 1. The number of nitrogens with one attached hydrogen (secondary N) is 1. The van der Waals surface area contributed by atoms with Gasteiger partial charge in [-0.3, -0.25) is 4.79 Å². The van der Waals surface area contributed by atoms with Gasteiger partial charge in [0, 0.05) is 32.7 Å². The van der Waals surface area contributed by atoms with Gasteiger partial charge >= 0.3 is 6.03 Å². The summed E-state index contributed by atoms with van der Waals surface area (Å²) in [7, 11) is 0. The van der Waals surface area contributed by atoms with Crippen LogP contribution < -0.4 is 5.32 Å². The van der Waals surface area contributed by atoms with Crippen LogP contribution in [0.25, 0.3) is 0 Å². The molecule has 0 bridgehead atoms. The number of rotatable bonds is 6. The first-order chi connectivity index (χ1) is 11.7. The molecule has 1 N–H and O–H groups in total. The average Bonchev–Trinajstić information content (AvgIpc) is 2.64. The molecule has 1 aliphatic rings. The van der Waals surface area contributed by atoms with Gasteiger partial charge < -0.3 is 19.9 Å². The zero-order valence-electron chi connectivity index (χ0n) is 14.5. The first-order valence-electron chi connectivity index (χ1n) is 8.61. The van der Waals surface area contributed by atoms with E-state index >= 15 is 0 Å². The van der Waals surface area contributed by atoms with Crippen molar-refractivity contribution in [3.05, 3.63) is 35.9 Å². The van der Waals surface area contributed by atoms with Crippen LogP contribution in [0.2, 0.25) is 0 Å². The summed E-state index contributed by atoms with van der Waals surface area (Å²) >= 11 is 0. The van der Waals surface area contributed by atoms with Crippen LogP contribution in [0.5, 0.6) is 0 Å². The first-order valence-corrected chi connectivity index (χ1v) is 8.61. The molecule has 1 aromatic carbocycles. The molecule has 0 radical (unpaired) electrons. The fourth-order valence-electron chi connectivity index (χ4n) is 2.85. The molecule has 1 fully saturated rings. The summed E-state index contributed by atoms with van der Waals surface area (Å²) in [6.07, 6.45) is 0. The quantitative estimate of drug-likeness (QED) is 0.861. The van der Waals surface area contributed by atoms with Crippen molar-refractivity contribution in [1.82, 2.24) is 15.1 Å². The third-order valence-corrected chi connectivity index (χ3v) is 4.33. The Labute approximate surface area is 143 Å². The number of carbonyl (C=O) groups excluding carboxylic acids is 2. The molecule has 132 valence electrons. The van der Waals surface area contributed by atoms with Crippen LogP contribution >= 0.6 is 0 Å². The Bertz CT molecular complexity index is 526. The average molecular weight is 333 g/mol. The van der Waals surface area contributed by atoms with E-state index in [1.165, 1.54) is 0 Å². The Balaban J connectivity index is 2.08.